The van der Waals surface area contributed by atoms with Gasteiger partial charge in [-0.2, -0.15) is 0 Å². The largest absolute Gasteiger partial charge is 0.332 e. The Kier molecular flexibility index (Phi) is 7.54. The van der Waals surface area contributed by atoms with Crippen LogP contribution in [0.4, 0.5) is 11.4 Å². The van der Waals surface area contributed by atoms with Crippen LogP contribution in [0.3, 0.4) is 0 Å². The zero-order valence-corrected chi connectivity index (χ0v) is 17.6. The predicted octanol–water partition coefficient (Wildman–Crippen LogP) is 5.04. The van der Waals surface area contributed by atoms with Crippen LogP contribution in [0, 0.1) is 0 Å². The third kappa shape index (κ3) is 6.69. The molecular formula is C23H20ClN3O2S. The number of hydrogen-bond acceptors (Lipinski definition) is 3. The smallest absolute Gasteiger partial charge is 0.257 e. The lowest BCUT2D eigenvalue weighted by molar-refractivity contribution is -0.116. The van der Waals surface area contributed by atoms with Crippen molar-refractivity contribution in [3.05, 3.63) is 95.0 Å². The summed E-state index contributed by atoms with van der Waals surface area (Å²) in [6.07, 6.45) is 1.06. The minimum absolute atomic E-state index is 0.0761. The van der Waals surface area contributed by atoms with E-state index >= 15 is 0 Å². The summed E-state index contributed by atoms with van der Waals surface area (Å²) in [5.41, 5.74) is 2.81. The highest BCUT2D eigenvalue weighted by molar-refractivity contribution is 7.80. The molecule has 0 atom stereocenters. The van der Waals surface area contributed by atoms with Gasteiger partial charge in [0, 0.05) is 28.4 Å². The number of nitrogens with one attached hydrogen (secondary N) is 3. The Hall–Kier alpha value is -3.22. The van der Waals surface area contributed by atoms with Crippen molar-refractivity contribution in [2.45, 2.75) is 12.8 Å². The predicted molar refractivity (Wildman–Crippen MR) is 125 cm³/mol. The number of amides is 2. The Morgan fingerprint density at radius 1 is 0.833 bits per heavy atom. The first-order valence-electron chi connectivity index (χ1n) is 9.31. The molecule has 0 spiro atoms. The fraction of sp³-hybridized carbons (Fsp3) is 0.0870. The van der Waals surface area contributed by atoms with Gasteiger partial charge in [-0.3, -0.25) is 14.9 Å². The molecule has 7 heteroatoms. The van der Waals surface area contributed by atoms with E-state index in [1.807, 2.05) is 30.3 Å². The molecule has 3 aromatic rings. The third-order valence-electron chi connectivity index (χ3n) is 4.20. The average molecular weight is 438 g/mol. The van der Waals surface area contributed by atoms with Gasteiger partial charge in [-0.25, -0.2) is 0 Å². The number of hydrogen-bond donors (Lipinski definition) is 3. The van der Waals surface area contributed by atoms with Gasteiger partial charge in [0.25, 0.3) is 5.91 Å². The summed E-state index contributed by atoms with van der Waals surface area (Å²) < 4.78 is 0. The standard InChI is InChI=1S/C23H20ClN3O2S/c24-18-9-4-8-17(14-18)22(29)27-23(30)26-20-11-5-10-19(15-20)25-21(28)13-12-16-6-2-1-3-7-16/h1-11,14-15H,12-13H2,(H,25,28)(H2,26,27,29,30). The first kappa shape index (κ1) is 21.5. The minimum Gasteiger partial charge on any atom is -0.332 e. The van der Waals surface area contributed by atoms with Gasteiger partial charge < -0.3 is 10.6 Å². The van der Waals surface area contributed by atoms with Crippen molar-refractivity contribution in [2.24, 2.45) is 0 Å². The number of carbonyl (C=O) groups is 2. The van der Waals surface area contributed by atoms with E-state index < -0.39 is 0 Å². The first-order valence-corrected chi connectivity index (χ1v) is 10.1. The average Bonchev–Trinajstić information content (AvgIpc) is 2.73. The molecule has 0 aliphatic carbocycles. The van der Waals surface area contributed by atoms with Crippen molar-refractivity contribution < 1.29 is 9.59 Å². The zero-order chi connectivity index (χ0) is 21.3. The number of thiocarbonyl (C=S) groups is 1. The van der Waals surface area contributed by atoms with Crippen LogP contribution in [0.5, 0.6) is 0 Å². The molecule has 0 fully saturated rings. The second-order valence-electron chi connectivity index (χ2n) is 6.53. The van der Waals surface area contributed by atoms with Crippen molar-refractivity contribution in [1.82, 2.24) is 5.32 Å². The normalized spacial score (nSPS) is 10.2. The molecule has 30 heavy (non-hydrogen) atoms. The lowest BCUT2D eigenvalue weighted by atomic mass is 10.1. The number of aryl methyl sites for hydroxylation is 1. The highest BCUT2D eigenvalue weighted by atomic mass is 35.5. The van der Waals surface area contributed by atoms with Gasteiger partial charge in [0.2, 0.25) is 5.91 Å². The molecule has 0 aromatic heterocycles. The van der Waals surface area contributed by atoms with Crippen LogP contribution in [0.2, 0.25) is 5.02 Å². The lowest BCUT2D eigenvalue weighted by Gasteiger charge is -2.11. The van der Waals surface area contributed by atoms with Crippen molar-refractivity contribution in [2.75, 3.05) is 10.6 Å². The zero-order valence-electron chi connectivity index (χ0n) is 16.0. The molecule has 2 amide bonds. The molecule has 3 rings (SSSR count). The molecule has 0 saturated heterocycles. The maximum absolute atomic E-state index is 12.2. The summed E-state index contributed by atoms with van der Waals surface area (Å²) in [6, 6.07) is 23.6. The van der Waals surface area contributed by atoms with Crippen LogP contribution >= 0.6 is 23.8 Å². The van der Waals surface area contributed by atoms with Gasteiger partial charge in [-0.15, -0.1) is 0 Å². The van der Waals surface area contributed by atoms with Crippen LogP contribution < -0.4 is 16.0 Å². The molecule has 0 heterocycles. The van der Waals surface area contributed by atoms with Crippen LogP contribution in [0.25, 0.3) is 0 Å². The Morgan fingerprint density at radius 3 is 2.27 bits per heavy atom. The molecule has 0 bridgehead atoms. The van der Waals surface area contributed by atoms with Gasteiger partial charge in [0.1, 0.15) is 0 Å². The minimum atomic E-state index is -0.361. The van der Waals surface area contributed by atoms with E-state index in [2.05, 4.69) is 16.0 Å². The molecule has 0 saturated carbocycles. The third-order valence-corrected chi connectivity index (χ3v) is 4.64. The monoisotopic (exact) mass is 437 g/mol. The number of carbonyl (C=O) groups excluding carboxylic acids is 2. The highest BCUT2D eigenvalue weighted by Crippen LogP contribution is 2.16. The van der Waals surface area contributed by atoms with E-state index in [0.717, 1.165) is 5.56 Å². The van der Waals surface area contributed by atoms with Crippen molar-refractivity contribution >= 4 is 52.1 Å². The Morgan fingerprint density at radius 2 is 1.53 bits per heavy atom. The molecule has 0 unspecified atom stereocenters. The molecule has 0 aliphatic heterocycles. The topological polar surface area (TPSA) is 70.2 Å². The number of rotatable bonds is 6. The molecule has 0 radical (unpaired) electrons. The van der Waals surface area contributed by atoms with Crippen LogP contribution in [-0.2, 0) is 11.2 Å². The fourth-order valence-corrected chi connectivity index (χ4v) is 3.17. The van der Waals surface area contributed by atoms with E-state index in [9.17, 15) is 9.59 Å². The van der Waals surface area contributed by atoms with E-state index in [0.29, 0.717) is 34.8 Å². The molecule has 152 valence electrons. The Bertz CT molecular complexity index is 1060. The Balaban J connectivity index is 1.52. The van der Waals surface area contributed by atoms with Gasteiger partial charge in [0.15, 0.2) is 5.11 Å². The second-order valence-corrected chi connectivity index (χ2v) is 7.38. The van der Waals surface area contributed by atoms with Crippen LogP contribution in [0.1, 0.15) is 22.3 Å². The quantitative estimate of drug-likeness (QED) is 0.472. The van der Waals surface area contributed by atoms with E-state index in [4.69, 9.17) is 23.8 Å². The van der Waals surface area contributed by atoms with E-state index in [-0.39, 0.29) is 16.9 Å². The van der Waals surface area contributed by atoms with Crippen LogP contribution in [-0.4, -0.2) is 16.9 Å². The van der Waals surface area contributed by atoms with Gasteiger partial charge in [0.05, 0.1) is 0 Å². The summed E-state index contributed by atoms with van der Waals surface area (Å²) >= 11 is 11.1. The second kappa shape index (κ2) is 10.5. The lowest BCUT2D eigenvalue weighted by Crippen LogP contribution is -2.34. The maximum Gasteiger partial charge on any atom is 0.257 e. The summed E-state index contributed by atoms with van der Waals surface area (Å²) in [6.45, 7) is 0. The molecule has 3 N–H and O–H groups in total. The summed E-state index contributed by atoms with van der Waals surface area (Å²) in [4.78, 5) is 24.5. The Labute approximate surface area is 185 Å². The highest BCUT2D eigenvalue weighted by Gasteiger charge is 2.09. The van der Waals surface area contributed by atoms with Crippen molar-refractivity contribution in [1.29, 1.82) is 0 Å². The maximum atomic E-state index is 12.2. The van der Waals surface area contributed by atoms with Crippen molar-refractivity contribution in [3.63, 3.8) is 0 Å². The van der Waals surface area contributed by atoms with Crippen molar-refractivity contribution in [3.8, 4) is 0 Å². The molecule has 3 aromatic carbocycles. The number of benzene rings is 3. The number of anilines is 2. The van der Waals surface area contributed by atoms with Gasteiger partial charge in [-0.1, -0.05) is 54.1 Å². The summed E-state index contributed by atoms with van der Waals surface area (Å²) in [7, 11) is 0. The summed E-state index contributed by atoms with van der Waals surface area (Å²) in [5, 5.41) is 9.04. The fourth-order valence-electron chi connectivity index (χ4n) is 2.77. The number of halogens is 1. The SMILES string of the molecule is O=C(CCc1ccccc1)Nc1cccc(NC(=S)NC(=O)c2cccc(Cl)c2)c1. The van der Waals surface area contributed by atoms with E-state index in [1.165, 1.54) is 0 Å². The van der Waals surface area contributed by atoms with E-state index in [1.54, 1.807) is 48.5 Å². The molecule has 5 nitrogen and oxygen atoms in total. The van der Waals surface area contributed by atoms with Gasteiger partial charge >= 0.3 is 0 Å². The first-order chi connectivity index (χ1) is 14.5. The van der Waals surface area contributed by atoms with Crippen LogP contribution in [0.15, 0.2) is 78.9 Å². The summed E-state index contributed by atoms with van der Waals surface area (Å²) in [5.74, 6) is -0.437. The van der Waals surface area contributed by atoms with Gasteiger partial charge in [-0.05, 0) is 60.6 Å². The molecule has 0 aliphatic rings. The molecular weight excluding hydrogens is 418 g/mol.